The molecule has 0 bridgehead atoms. The van der Waals surface area contributed by atoms with Gasteiger partial charge in [-0.1, -0.05) is 49.4 Å². The van der Waals surface area contributed by atoms with Crippen LogP contribution in [0.15, 0.2) is 60.8 Å². The lowest BCUT2D eigenvalue weighted by molar-refractivity contribution is -0.132. The Labute approximate surface area is 253 Å². The van der Waals surface area contributed by atoms with E-state index in [1.807, 2.05) is 61.3 Å². The molecule has 0 radical (unpaired) electrons. The fourth-order valence-electron chi connectivity index (χ4n) is 7.14. The van der Waals surface area contributed by atoms with Gasteiger partial charge in [0.2, 0.25) is 5.91 Å². The molecule has 8 heteroatoms. The van der Waals surface area contributed by atoms with Crippen LogP contribution in [0.4, 0.5) is 10.2 Å². The minimum absolute atomic E-state index is 0.160. The van der Waals surface area contributed by atoms with Crippen LogP contribution in [0.2, 0.25) is 0 Å². The number of hydrogen-bond acceptors (Lipinski definition) is 6. The maximum atomic E-state index is 15.4. The van der Waals surface area contributed by atoms with Crippen LogP contribution in [-0.2, 0) is 15.1 Å². The van der Waals surface area contributed by atoms with Gasteiger partial charge in [-0.05, 0) is 80.2 Å². The predicted molar refractivity (Wildman–Crippen MR) is 168 cm³/mol. The minimum Gasteiger partial charge on any atom is -0.390 e. The lowest BCUT2D eigenvalue weighted by Gasteiger charge is -2.49. The van der Waals surface area contributed by atoms with Gasteiger partial charge in [0.25, 0.3) is 0 Å². The topological polar surface area (TPSA) is 109 Å². The zero-order valence-corrected chi connectivity index (χ0v) is 25.4. The molecule has 0 aliphatic heterocycles. The van der Waals surface area contributed by atoms with Crippen LogP contribution in [0.5, 0.6) is 0 Å². The summed E-state index contributed by atoms with van der Waals surface area (Å²) in [4.78, 5) is 30.8. The van der Waals surface area contributed by atoms with Gasteiger partial charge in [-0.3, -0.25) is 4.79 Å². The Morgan fingerprint density at radius 1 is 1.12 bits per heavy atom. The number of pyridine rings is 1. The molecular formula is C35H43FN4O3. The minimum atomic E-state index is -0.877. The summed E-state index contributed by atoms with van der Waals surface area (Å²) in [6, 6.07) is 17.2. The number of aldehydes is 1. The summed E-state index contributed by atoms with van der Waals surface area (Å²) in [5.74, 6) is 0.505. The molecule has 2 aromatic carbocycles. The lowest BCUT2D eigenvalue weighted by Crippen LogP contribution is -2.58. The van der Waals surface area contributed by atoms with Gasteiger partial charge in [0.1, 0.15) is 17.9 Å². The fraction of sp³-hybridized carbons (Fsp3) is 0.457. The molecule has 228 valence electrons. The van der Waals surface area contributed by atoms with Crippen molar-refractivity contribution in [1.82, 2.24) is 9.88 Å². The van der Waals surface area contributed by atoms with Gasteiger partial charge < -0.3 is 25.9 Å². The second kappa shape index (κ2) is 12.5. The first-order valence-corrected chi connectivity index (χ1v) is 15.4. The van der Waals surface area contributed by atoms with E-state index < -0.39 is 17.0 Å². The number of anilines is 1. The SMILES string of the molecule is CCC(=O)N(C)C1CCC(C(C=O)CNc2cc(-c3ccccc3)c(-c3ccc(C4(N)CC(C)(O)C4)c(F)c3)cn2)CC1. The molecule has 1 amide bonds. The van der Waals surface area contributed by atoms with Crippen molar-refractivity contribution in [3.05, 3.63) is 72.2 Å². The normalized spacial score (nSPS) is 25.8. The molecule has 2 aliphatic rings. The summed E-state index contributed by atoms with van der Waals surface area (Å²) in [6.45, 7) is 4.07. The number of hydrogen-bond donors (Lipinski definition) is 3. The first-order chi connectivity index (χ1) is 20.5. The van der Waals surface area contributed by atoms with E-state index in [9.17, 15) is 14.7 Å². The Kier molecular flexibility index (Phi) is 8.99. The standard InChI is InChI=1S/C35H43FN4O3/c1-4-33(42)40(3)27-13-10-23(11-14-27)26(20-41)18-38-32-17-28(24-8-6-5-7-9-24)29(19-39-32)25-12-15-30(31(36)16-25)35(37)21-34(2,43)22-35/h5-9,12,15-17,19-20,23,26-27,43H,4,10-11,13-14,18,21-22,37H2,1-3H3,(H,38,39). The maximum absolute atomic E-state index is 15.4. The smallest absolute Gasteiger partial charge is 0.222 e. The Hall–Kier alpha value is -3.62. The molecule has 1 atom stereocenters. The van der Waals surface area contributed by atoms with Gasteiger partial charge in [-0.2, -0.15) is 0 Å². The Bertz CT molecular complexity index is 1440. The van der Waals surface area contributed by atoms with Crippen LogP contribution in [0.3, 0.4) is 0 Å². The van der Waals surface area contributed by atoms with Crippen molar-refractivity contribution in [2.75, 3.05) is 18.9 Å². The summed E-state index contributed by atoms with van der Waals surface area (Å²) in [7, 11) is 1.88. The number of rotatable bonds is 10. The number of halogens is 1. The average molecular weight is 587 g/mol. The monoisotopic (exact) mass is 586 g/mol. The highest BCUT2D eigenvalue weighted by Gasteiger charge is 2.50. The van der Waals surface area contributed by atoms with Crippen molar-refractivity contribution < 1.29 is 19.1 Å². The summed E-state index contributed by atoms with van der Waals surface area (Å²) in [5.41, 5.74) is 8.42. The zero-order valence-electron chi connectivity index (χ0n) is 25.4. The van der Waals surface area contributed by atoms with Gasteiger partial charge >= 0.3 is 0 Å². The van der Waals surface area contributed by atoms with Gasteiger partial charge in [0, 0.05) is 54.8 Å². The van der Waals surface area contributed by atoms with Crippen LogP contribution in [0, 0.1) is 17.7 Å². The highest BCUT2D eigenvalue weighted by Crippen LogP contribution is 2.47. The molecule has 1 aromatic heterocycles. The number of benzene rings is 2. The van der Waals surface area contributed by atoms with Crippen LogP contribution in [-0.4, -0.2) is 52.4 Å². The highest BCUT2D eigenvalue weighted by atomic mass is 19.1. The van der Waals surface area contributed by atoms with Crippen LogP contribution in [0.25, 0.3) is 22.3 Å². The number of carbonyl (C=O) groups is 2. The molecule has 2 aliphatic carbocycles. The number of aliphatic hydroxyl groups is 1. The van der Waals surface area contributed by atoms with E-state index in [1.54, 1.807) is 19.2 Å². The molecule has 3 aromatic rings. The zero-order chi connectivity index (χ0) is 30.8. The third-order valence-electron chi connectivity index (χ3n) is 9.48. The summed E-state index contributed by atoms with van der Waals surface area (Å²) < 4.78 is 15.4. The first-order valence-electron chi connectivity index (χ1n) is 15.4. The molecule has 0 spiro atoms. The van der Waals surface area contributed by atoms with E-state index in [0.29, 0.717) is 42.8 Å². The molecule has 0 saturated heterocycles. The molecular weight excluding hydrogens is 543 g/mol. The fourth-order valence-corrected chi connectivity index (χ4v) is 7.14. The maximum Gasteiger partial charge on any atom is 0.222 e. The van der Waals surface area contributed by atoms with Crippen molar-refractivity contribution in [3.63, 3.8) is 0 Å². The van der Waals surface area contributed by atoms with Crippen molar-refractivity contribution >= 4 is 18.0 Å². The molecule has 1 unspecified atom stereocenters. The number of amides is 1. The summed E-state index contributed by atoms with van der Waals surface area (Å²) in [5, 5.41) is 13.6. The quantitative estimate of drug-likeness (QED) is 0.255. The predicted octanol–water partition coefficient (Wildman–Crippen LogP) is 5.91. The number of nitrogens with two attached hydrogens (primary N) is 1. The Balaban J connectivity index is 1.33. The largest absolute Gasteiger partial charge is 0.390 e. The van der Waals surface area contributed by atoms with E-state index in [4.69, 9.17) is 5.73 Å². The van der Waals surface area contributed by atoms with Gasteiger partial charge in [-0.15, -0.1) is 0 Å². The van der Waals surface area contributed by atoms with E-state index in [-0.39, 0.29) is 23.8 Å². The third kappa shape index (κ3) is 6.65. The number of aromatic nitrogens is 1. The van der Waals surface area contributed by atoms with Crippen LogP contribution >= 0.6 is 0 Å². The van der Waals surface area contributed by atoms with E-state index >= 15 is 4.39 Å². The molecule has 7 nitrogen and oxygen atoms in total. The van der Waals surface area contributed by atoms with E-state index in [0.717, 1.165) is 48.7 Å². The Morgan fingerprint density at radius 2 is 1.81 bits per heavy atom. The van der Waals surface area contributed by atoms with Crippen molar-refractivity contribution in [3.8, 4) is 22.3 Å². The Morgan fingerprint density at radius 3 is 2.42 bits per heavy atom. The lowest BCUT2D eigenvalue weighted by atomic mass is 9.63. The third-order valence-corrected chi connectivity index (χ3v) is 9.48. The van der Waals surface area contributed by atoms with Crippen molar-refractivity contribution in [2.24, 2.45) is 17.6 Å². The highest BCUT2D eigenvalue weighted by molar-refractivity contribution is 5.84. The molecule has 1 heterocycles. The molecule has 2 saturated carbocycles. The van der Waals surface area contributed by atoms with E-state index in [2.05, 4.69) is 10.3 Å². The summed E-state index contributed by atoms with van der Waals surface area (Å²) in [6.07, 6.45) is 7.54. The second-order valence-electron chi connectivity index (χ2n) is 12.8. The molecule has 5 rings (SSSR count). The average Bonchev–Trinajstić information content (AvgIpc) is 3.00. The number of nitrogens with zero attached hydrogens (tertiary/aromatic N) is 2. The van der Waals surface area contributed by atoms with E-state index in [1.165, 1.54) is 6.07 Å². The van der Waals surface area contributed by atoms with Gasteiger partial charge in [0.15, 0.2) is 0 Å². The van der Waals surface area contributed by atoms with Crippen molar-refractivity contribution in [2.45, 2.75) is 76.0 Å². The second-order valence-corrected chi connectivity index (χ2v) is 12.8. The number of carbonyl (C=O) groups excluding carboxylic acids is 2. The summed E-state index contributed by atoms with van der Waals surface area (Å²) >= 11 is 0. The molecule has 4 N–H and O–H groups in total. The molecule has 2 fully saturated rings. The number of nitrogens with one attached hydrogen (secondary N) is 1. The first kappa shape index (κ1) is 30.8. The van der Waals surface area contributed by atoms with Gasteiger partial charge in [0.05, 0.1) is 5.60 Å². The van der Waals surface area contributed by atoms with Crippen molar-refractivity contribution in [1.29, 1.82) is 0 Å². The molecule has 43 heavy (non-hydrogen) atoms. The van der Waals surface area contributed by atoms with Gasteiger partial charge in [-0.25, -0.2) is 9.37 Å². The van der Waals surface area contributed by atoms with Crippen LogP contribution < -0.4 is 11.1 Å². The van der Waals surface area contributed by atoms with Crippen LogP contribution in [0.1, 0.15) is 64.4 Å².